The second-order valence-electron chi connectivity index (χ2n) is 10.9. The molecule has 46 heavy (non-hydrogen) atoms. The molecule has 2 amide bonds. The van der Waals surface area contributed by atoms with E-state index in [1.54, 1.807) is 60.7 Å². The molecule has 0 atom stereocenters. The van der Waals surface area contributed by atoms with Crippen molar-refractivity contribution in [3.05, 3.63) is 83.9 Å². The summed E-state index contributed by atoms with van der Waals surface area (Å²) in [5, 5.41) is 3.70. The Morgan fingerprint density at radius 2 is 1.48 bits per heavy atom. The fourth-order valence-corrected chi connectivity index (χ4v) is 7.19. The van der Waals surface area contributed by atoms with Crippen LogP contribution in [0.5, 0.6) is 0 Å². The van der Waals surface area contributed by atoms with Crippen molar-refractivity contribution >= 4 is 53.8 Å². The Morgan fingerprint density at radius 3 is 2.07 bits per heavy atom. The van der Waals surface area contributed by atoms with Crippen LogP contribution in [0.4, 0.5) is 0 Å². The monoisotopic (exact) mass is 670 g/mol. The van der Waals surface area contributed by atoms with E-state index >= 15 is 0 Å². The van der Waals surface area contributed by atoms with Gasteiger partial charge in [0.25, 0.3) is 15.9 Å². The van der Waals surface area contributed by atoms with Gasteiger partial charge in [-0.05, 0) is 50.5 Å². The zero-order chi connectivity index (χ0) is 33.3. The van der Waals surface area contributed by atoms with E-state index in [0.29, 0.717) is 47.8 Å². The third-order valence-electron chi connectivity index (χ3n) is 7.53. The van der Waals surface area contributed by atoms with E-state index in [2.05, 4.69) is 10.2 Å². The van der Waals surface area contributed by atoms with Gasteiger partial charge in [-0.25, -0.2) is 27.0 Å². The molecule has 3 N–H and O–H groups in total. The minimum Gasteiger partial charge on any atom is -0.748 e. The van der Waals surface area contributed by atoms with E-state index in [1.807, 2.05) is 11.5 Å². The fourth-order valence-electron chi connectivity index (χ4n) is 5.29. The first-order chi connectivity index (χ1) is 21.9. The molecule has 12 nitrogen and oxygen atoms in total. The lowest BCUT2D eigenvalue weighted by Crippen LogP contribution is -2.41. The van der Waals surface area contributed by atoms with Gasteiger partial charge >= 0.3 is 0 Å². The van der Waals surface area contributed by atoms with Crippen molar-refractivity contribution in [3.63, 3.8) is 0 Å². The van der Waals surface area contributed by atoms with Crippen LogP contribution >= 0.6 is 0 Å². The van der Waals surface area contributed by atoms with Gasteiger partial charge in [-0.2, -0.15) is 4.57 Å². The number of aryl methyl sites for hydroxylation is 2. The fraction of sp³-hybridized carbons (Fsp3) is 0.344. The molecule has 1 heterocycles. The third kappa shape index (κ3) is 8.65. The number of benzene rings is 3. The normalized spacial score (nSPS) is 12.0. The Kier molecular flexibility index (Phi) is 11.8. The van der Waals surface area contributed by atoms with Crippen LogP contribution in [0, 0.1) is 6.92 Å². The second-order valence-corrected chi connectivity index (χ2v) is 14.3. The lowest BCUT2D eigenvalue weighted by atomic mass is 10.0. The first-order valence-corrected chi connectivity index (χ1v) is 17.9. The number of amides is 2. The number of sulfonamides is 1. The number of carbonyl (C=O) groups is 2. The number of pyridine rings is 1. The van der Waals surface area contributed by atoms with Crippen molar-refractivity contribution in [1.29, 1.82) is 0 Å². The van der Waals surface area contributed by atoms with Crippen molar-refractivity contribution < 1.29 is 40.4 Å². The minimum absolute atomic E-state index is 0.000502. The van der Waals surface area contributed by atoms with Gasteiger partial charge in [-0.15, -0.1) is 0 Å². The van der Waals surface area contributed by atoms with Crippen molar-refractivity contribution in [2.45, 2.75) is 50.5 Å². The number of fused-ring (bicyclic) bond motifs is 2. The van der Waals surface area contributed by atoms with E-state index in [0.717, 1.165) is 9.87 Å². The molecule has 1 aromatic heterocycles. The molecule has 0 fully saturated rings. The molecule has 0 unspecified atom stereocenters. The summed E-state index contributed by atoms with van der Waals surface area (Å²) in [7, 11) is -8.78. The van der Waals surface area contributed by atoms with Gasteiger partial charge in [0.05, 0.1) is 38.0 Å². The van der Waals surface area contributed by atoms with E-state index < -0.39 is 31.8 Å². The average molecular weight is 671 g/mol. The van der Waals surface area contributed by atoms with Crippen LogP contribution < -0.4 is 15.8 Å². The Bertz CT molecular complexity index is 1860. The van der Waals surface area contributed by atoms with Gasteiger partial charge in [-0.1, -0.05) is 42.0 Å². The molecule has 0 aliphatic heterocycles. The number of aromatic nitrogens is 1. The number of nitrogens with two attached hydrogens (primary N) is 1. The van der Waals surface area contributed by atoms with Crippen LogP contribution in [-0.4, -0.2) is 63.0 Å². The molecular formula is C32H38N4O8S2. The number of hydrogen-bond donors (Lipinski definition) is 2. The molecule has 0 aliphatic rings. The Balaban J connectivity index is 1.74. The topological polar surface area (TPSA) is 180 Å². The van der Waals surface area contributed by atoms with Gasteiger partial charge in [0.15, 0.2) is 6.54 Å². The number of hydrogen-bond acceptors (Lipinski definition) is 9. The van der Waals surface area contributed by atoms with E-state index in [1.165, 1.54) is 12.1 Å². The standard InChI is InChI=1S/C32H38N4O8S2/c1-24-15-17-25(18-16-24)46(42,43)36(21-8-14-30(37)34-19-6-7-22-44-33)32(38)31-26-10-2-4-12-28(26)35(20-9-23-45(39,40)41)29-13-5-3-11-27(29)31/h2-5,10-13,15-18H,6-9,14,19-23,33H2,1H3,(H-,34,37,39,40,41). The predicted octanol–water partition coefficient (Wildman–Crippen LogP) is 2.92. The molecule has 14 heteroatoms. The van der Waals surface area contributed by atoms with Crippen molar-refractivity contribution in [2.24, 2.45) is 5.90 Å². The summed E-state index contributed by atoms with van der Waals surface area (Å²) in [5.74, 6) is 3.43. The molecule has 4 rings (SSSR count). The smallest absolute Gasteiger partial charge is 0.269 e. The SMILES string of the molecule is Cc1ccc(S(=O)(=O)N(CCCC(=O)NCCCCON)C(=O)c2c3ccccc3[n+](CCCS(=O)(=O)[O-])c3ccccc23)cc1. The third-order valence-corrected chi connectivity index (χ3v) is 10.1. The summed E-state index contributed by atoms with van der Waals surface area (Å²) < 4.78 is 64.7. The number of rotatable bonds is 16. The van der Waals surface area contributed by atoms with Gasteiger partial charge in [-0.3, -0.25) is 9.59 Å². The van der Waals surface area contributed by atoms with Crippen molar-refractivity contribution in [1.82, 2.24) is 9.62 Å². The highest BCUT2D eigenvalue weighted by Gasteiger charge is 2.34. The molecule has 3 aromatic carbocycles. The quantitative estimate of drug-likeness (QED) is 0.0596. The summed E-state index contributed by atoms with van der Waals surface area (Å²) in [6.45, 7) is 2.54. The Morgan fingerprint density at radius 1 is 0.870 bits per heavy atom. The predicted molar refractivity (Wildman–Crippen MR) is 172 cm³/mol. The number of carbonyl (C=O) groups excluding carboxylic acids is 2. The largest absolute Gasteiger partial charge is 0.748 e. The molecular weight excluding hydrogens is 633 g/mol. The van der Waals surface area contributed by atoms with Crippen LogP contribution in [-0.2, 0) is 36.3 Å². The second kappa shape index (κ2) is 15.6. The van der Waals surface area contributed by atoms with Crippen LogP contribution in [0.15, 0.2) is 77.7 Å². The maximum absolute atomic E-state index is 14.6. The summed E-state index contributed by atoms with van der Waals surface area (Å²) >= 11 is 0. The summed E-state index contributed by atoms with van der Waals surface area (Å²) in [6.07, 6.45) is 1.47. The van der Waals surface area contributed by atoms with E-state index in [9.17, 15) is 31.0 Å². The number of para-hydroxylation sites is 2. The molecule has 4 aromatic rings. The molecule has 0 aliphatic carbocycles. The lowest BCUT2D eigenvalue weighted by molar-refractivity contribution is -0.645. The summed E-state index contributed by atoms with van der Waals surface area (Å²) in [5.41, 5.74) is 2.14. The molecule has 0 saturated carbocycles. The number of nitrogens with zero attached hydrogens (tertiary/aromatic N) is 2. The highest BCUT2D eigenvalue weighted by Crippen LogP contribution is 2.29. The zero-order valence-electron chi connectivity index (χ0n) is 25.6. The Labute approximate surface area is 268 Å². The van der Waals surface area contributed by atoms with Crippen LogP contribution in [0.2, 0.25) is 0 Å². The Hall–Kier alpha value is -3.95. The molecule has 0 bridgehead atoms. The van der Waals surface area contributed by atoms with E-state index in [4.69, 9.17) is 5.90 Å². The van der Waals surface area contributed by atoms with Crippen LogP contribution in [0.1, 0.15) is 48.0 Å². The number of nitrogens with one attached hydrogen (secondary N) is 1. The van der Waals surface area contributed by atoms with Crippen molar-refractivity contribution in [2.75, 3.05) is 25.4 Å². The summed E-state index contributed by atoms with van der Waals surface area (Å²) in [6, 6.07) is 20.1. The number of unbranched alkanes of at least 4 members (excludes halogenated alkanes) is 1. The lowest BCUT2D eigenvalue weighted by Gasteiger charge is -2.24. The van der Waals surface area contributed by atoms with Gasteiger partial charge in [0.2, 0.25) is 16.9 Å². The first kappa shape index (κ1) is 34.9. The molecule has 0 spiro atoms. The zero-order valence-corrected chi connectivity index (χ0v) is 27.2. The maximum Gasteiger partial charge on any atom is 0.269 e. The maximum atomic E-state index is 14.6. The molecule has 0 radical (unpaired) electrons. The minimum atomic E-state index is -4.43. The van der Waals surface area contributed by atoms with E-state index in [-0.39, 0.29) is 48.7 Å². The highest BCUT2D eigenvalue weighted by atomic mass is 32.2. The van der Waals surface area contributed by atoms with Crippen LogP contribution in [0.25, 0.3) is 21.8 Å². The van der Waals surface area contributed by atoms with Crippen LogP contribution in [0.3, 0.4) is 0 Å². The van der Waals surface area contributed by atoms with Crippen molar-refractivity contribution in [3.8, 4) is 0 Å². The molecule has 0 saturated heterocycles. The van der Waals surface area contributed by atoms with Gasteiger partial charge in [0.1, 0.15) is 0 Å². The first-order valence-electron chi connectivity index (χ1n) is 14.9. The van der Waals surface area contributed by atoms with Gasteiger partial charge in [0, 0.05) is 43.8 Å². The van der Waals surface area contributed by atoms with Gasteiger partial charge < -0.3 is 14.7 Å². The molecule has 246 valence electrons. The summed E-state index contributed by atoms with van der Waals surface area (Å²) in [4.78, 5) is 31.5. The highest BCUT2D eigenvalue weighted by molar-refractivity contribution is 7.89. The average Bonchev–Trinajstić information content (AvgIpc) is 3.02.